The van der Waals surface area contributed by atoms with Crippen molar-refractivity contribution in [2.75, 3.05) is 27.3 Å². The van der Waals surface area contributed by atoms with Crippen LogP contribution in [0.3, 0.4) is 0 Å². The summed E-state index contributed by atoms with van der Waals surface area (Å²) < 4.78 is 10.4. The first-order valence-electron chi connectivity index (χ1n) is 6.64. The summed E-state index contributed by atoms with van der Waals surface area (Å²) in [6.07, 6.45) is 1.62. The average Bonchev–Trinajstić information content (AvgIpc) is 2.47. The van der Waals surface area contributed by atoms with Crippen molar-refractivity contribution in [3.05, 3.63) is 23.8 Å². The van der Waals surface area contributed by atoms with E-state index in [1.807, 2.05) is 6.07 Å². The Morgan fingerprint density at radius 3 is 2.65 bits per heavy atom. The zero-order chi connectivity index (χ0) is 14.5. The van der Waals surface area contributed by atoms with Gasteiger partial charge >= 0.3 is 0 Å². The number of hydrogen-bond donors (Lipinski definition) is 0. The van der Waals surface area contributed by atoms with Crippen LogP contribution in [0.2, 0.25) is 0 Å². The van der Waals surface area contributed by atoms with E-state index in [4.69, 9.17) is 9.47 Å². The van der Waals surface area contributed by atoms with Crippen LogP contribution in [-0.2, 0) is 16.0 Å². The summed E-state index contributed by atoms with van der Waals surface area (Å²) in [7, 11) is 3.13. The van der Waals surface area contributed by atoms with Gasteiger partial charge in [-0.2, -0.15) is 0 Å². The summed E-state index contributed by atoms with van der Waals surface area (Å²) >= 11 is 0. The molecule has 0 saturated carbocycles. The Balaban J connectivity index is 2.05. The molecule has 1 saturated heterocycles. The Labute approximate surface area is 118 Å². The van der Waals surface area contributed by atoms with Crippen molar-refractivity contribution in [2.45, 2.75) is 19.3 Å². The molecule has 0 atom stereocenters. The molecule has 1 aliphatic rings. The molecule has 1 aromatic carbocycles. The van der Waals surface area contributed by atoms with E-state index in [9.17, 15) is 9.59 Å². The topological polar surface area (TPSA) is 55.8 Å². The lowest BCUT2D eigenvalue weighted by Crippen LogP contribution is -2.40. The fourth-order valence-corrected chi connectivity index (χ4v) is 2.33. The van der Waals surface area contributed by atoms with Gasteiger partial charge in [-0.05, 0) is 24.1 Å². The van der Waals surface area contributed by atoms with E-state index in [2.05, 4.69) is 0 Å². The fourth-order valence-electron chi connectivity index (χ4n) is 2.33. The van der Waals surface area contributed by atoms with Crippen molar-refractivity contribution in [1.82, 2.24) is 4.90 Å². The molecular weight excluding hydrogens is 258 g/mol. The van der Waals surface area contributed by atoms with Gasteiger partial charge in [0.1, 0.15) is 0 Å². The monoisotopic (exact) mass is 277 g/mol. The number of ketones is 1. The lowest BCUT2D eigenvalue weighted by molar-refractivity contribution is -0.137. The van der Waals surface area contributed by atoms with Gasteiger partial charge in [-0.15, -0.1) is 0 Å². The van der Waals surface area contributed by atoms with Crippen LogP contribution >= 0.6 is 0 Å². The molecule has 1 aliphatic heterocycles. The molecule has 5 heteroatoms. The maximum absolute atomic E-state index is 12.2. The lowest BCUT2D eigenvalue weighted by Gasteiger charge is -2.26. The summed E-state index contributed by atoms with van der Waals surface area (Å²) in [5.41, 5.74) is 0.852. The smallest absolute Gasteiger partial charge is 0.227 e. The second-order valence-corrected chi connectivity index (χ2v) is 4.82. The molecule has 0 bridgehead atoms. The van der Waals surface area contributed by atoms with Crippen molar-refractivity contribution < 1.29 is 19.1 Å². The molecule has 0 radical (unpaired) electrons. The quantitative estimate of drug-likeness (QED) is 0.835. The van der Waals surface area contributed by atoms with Crippen molar-refractivity contribution in [2.24, 2.45) is 0 Å². The normalized spacial score (nSPS) is 15.1. The van der Waals surface area contributed by atoms with Gasteiger partial charge in [-0.25, -0.2) is 0 Å². The number of benzene rings is 1. The summed E-state index contributed by atoms with van der Waals surface area (Å²) in [6.45, 7) is 0.907. The van der Waals surface area contributed by atoms with Gasteiger partial charge in [0.15, 0.2) is 17.3 Å². The second kappa shape index (κ2) is 6.41. The minimum absolute atomic E-state index is 0.0229. The number of methoxy groups -OCH3 is 2. The van der Waals surface area contributed by atoms with Gasteiger partial charge in [-0.3, -0.25) is 9.59 Å². The lowest BCUT2D eigenvalue weighted by atomic mass is 10.1. The summed E-state index contributed by atoms with van der Waals surface area (Å²) in [4.78, 5) is 25.2. The van der Waals surface area contributed by atoms with Crippen LogP contribution < -0.4 is 9.47 Å². The number of amides is 1. The number of carbonyl (C=O) groups excluding carboxylic acids is 2. The van der Waals surface area contributed by atoms with Crippen molar-refractivity contribution in [1.29, 1.82) is 0 Å². The molecule has 0 spiro atoms. The van der Waals surface area contributed by atoms with E-state index >= 15 is 0 Å². The van der Waals surface area contributed by atoms with Gasteiger partial charge in [0.25, 0.3) is 0 Å². The SMILES string of the molecule is COc1ccc(CC(=O)N2CCCC(=O)C2)cc1OC. The number of ether oxygens (including phenoxy) is 2. The van der Waals surface area contributed by atoms with Crippen LogP contribution in [0.1, 0.15) is 18.4 Å². The number of piperidine rings is 1. The second-order valence-electron chi connectivity index (χ2n) is 4.82. The van der Waals surface area contributed by atoms with Gasteiger partial charge in [-0.1, -0.05) is 6.07 Å². The molecular formula is C15H19NO4. The standard InChI is InChI=1S/C15H19NO4/c1-19-13-6-5-11(8-14(13)20-2)9-15(18)16-7-3-4-12(17)10-16/h5-6,8H,3-4,7,9-10H2,1-2H3. The number of hydrogen-bond acceptors (Lipinski definition) is 4. The fraction of sp³-hybridized carbons (Fsp3) is 0.467. The number of carbonyl (C=O) groups is 2. The molecule has 2 rings (SSSR count). The van der Waals surface area contributed by atoms with E-state index in [0.29, 0.717) is 24.5 Å². The predicted molar refractivity (Wildman–Crippen MR) is 74.1 cm³/mol. The van der Waals surface area contributed by atoms with E-state index in [-0.39, 0.29) is 24.7 Å². The minimum atomic E-state index is -0.0229. The van der Waals surface area contributed by atoms with Crippen molar-refractivity contribution in [3.63, 3.8) is 0 Å². The molecule has 1 heterocycles. The van der Waals surface area contributed by atoms with Crippen LogP contribution in [0, 0.1) is 0 Å². The highest BCUT2D eigenvalue weighted by atomic mass is 16.5. The Bertz CT molecular complexity index is 513. The Morgan fingerprint density at radius 2 is 2.00 bits per heavy atom. The van der Waals surface area contributed by atoms with Crippen LogP contribution in [-0.4, -0.2) is 43.9 Å². The molecule has 0 unspecified atom stereocenters. The molecule has 1 fully saturated rings. The first-order chi connectivity index (χ1) is 9.63. The maximum Gasteiger partial charge on any atom is 0.227 e. The van der Waals surface area contributed by atoms with E-state index in [0.717, 1.165) is 12.0 Å². The highest BCUT2D eigenvalue weighted by molar-refractivity contribution is 5.88. The van der Waals surface area contributed by atoms with Crippen molar-refractivity contribution in [3.8, 4) is 11.5 Å². The first-order valence-corrected chi connectivity index (χ1v) is 6.64. The van der Waals surface area contributed by atoms with Gasteiger partial charge < -0.3 is 14.4 Å². The number of likely N-dealkylation sites (tertiary alicyclic amines) is 1. The molecule has 20 heavy (non-hydrogen) atoms. The zero-order valence-electron chi connectivity index (χ0n) is 11.8. The highest BCUT2D eigenvalue weighted by Crippen LogP contribution is 2.27. The summed E-state index contributed by atoms with van der Waals surface area (Å²) in [5.74, 6) is 1.35. The molecule has 0 aromatic heterocycles. The third-order valence-corrected chi connectivity index (χ3v) is 3.41. The number of rotatable bonds is 4. The Kier molecular flexibility index (Phi) is 4.61. The largest absolute Gasteiger partial charge is 0.493 e. The van der Waals surface area contributed by atoms with E-state index < -0.39 is 0 Å². The van der Waals surface area contributed by atoms with Crippen molar-refractivity contribution >= 4 is 11.7 Å². The van der Waals surface area contributed by atoms with Gasteiger partial charge in [0.05, 0.1) is 27.2 Å². The third kappa shape index (κ3) is 3.29. The van der Waals surface area contributed by atoms with Crippen LogP contribution in [0.15, 0.2) is 18.2 Å². The molecule has 5 nitrogen and oxygen atoms in total. The molecule has 0 N–H and O–H groups in total. The minimum Gasteiger partial charge on any atom is -0.493 e. The summed E-state index contributed by atoms with van der Waals surface area (Å²) in [5, 5.41) is 0. The molecule has 108 valence electrons. The molecule has 1 aromatic rings. The maximum atomic E-state index is 12.2. The predicted octanol–water partition coefficient (Wildman–Crippen LogP) is 1.44. The van der Waals surface area contributed by atoms with Gasteiger partial charge in [0, 0.05) is 13.0 Å². The third-order valence-electron chi connectivity index (χ3n) is 3.41. The zero-order valence-corrected chi connectivity index (χ0v) is 11.8. The van der Waals surface area contributed by atoms with E-state index in [1.54, 1.807) is 31.3 Å². The Hall–Kier alpha value is -2.04. The van der Waals surface area contributed by atoms with E-state index in [1.165, 1.54) is 0 Å². The molecule has 1 amide bonds. The van der Waals surface area contributed by atoms with Crippen LogP contribution in [0.4, 0.5) is 0 Å². The average molecular weight is 277 g/mol. The first kappa shape index (κ1) is 14.4. The van der Waals surface area contributed by atoms with Crippen LogP contribution in [0.5, 0.6) is 11.5 Å². The molecule has 0 aliphatic carbocycles. The number of Topliss-reactive ketones (excluding diaryl/α,β-unsaturated/α-hetero) is 1. The Morgan fingerprint density at radius 1 is 1.25 bits per heavy atom. The highest BCUT2D eigenvalue weighted by Gasteiger charge is 2.21. The number of nitrogens with zero attached hydrogens (tertiary/aromatic N) is 1. The van der Waals surface area contributed by atoms with Crippen LogP contribution in [0.25, 0.3) is 0 Å². The van der Waals surface area contributed by atoms with Gasteiger partial charge in [0.2, 0.25) is 5.91 Å². The summed E-state index contributed by atoms with van der Waals surface area (Å²) in [6, 6.07) is 5.41.